The predicted octanol–water partition coefficient (Wildman–Crippen LogP) is 1.36. The summed E-state index contributed by atoms with van der Waals surface area (Å²) in [7, 11) is 0. The van der Waals surface area contributed by atoms with Gasteiger partial charge in [-0.05, 0) is 20.3 Å². The van der Waals surface area contributed by atoms with Crippen molar-refractivity contribution in [3.63, 3.8) is 0 Å². The van der Waals surface area contributed by atoms with Gasteiger partial charge in [-0.1, -0.05) is 0 Å². The van der Waals surface area contributed by atoms with Crippen LogP contribution in [0.15, 0.2) is 0 Å². The molecule has 5 heteroatoms. The summed E-state index contributed by atoms with van der Waals surface area (Å²) in [4.78, 5) is 24.1. The van der Waals surface area contributed by atoms with Crippen LogP contribution < -0.4 is 0 Å². The third kappa shape index (κ3) is 5.14. The summed E-state index contributed by atoms with van der Waals surface area (Å²) in [6, 6.07) is 0. The van der Waals surface area contributed by atoms with Crippen molar-refractivity contribution in [3.05, 3.63) is 0 Å². The number of ketones is 1. The minimum atomic E-state index is -0.497. The van der Waals surface area contributed by atoms with Crippen LogP contribution in [0.2, 0.25) is 0 Å². The first kappa shape index (κ1) is 15.1. The van der Waals surface area contributed by atoms with Gasteiger partial charge in [0.25, 0.3) is 0 Å². The zero-order valence-electron chi connectivity index (χ0n) is 11.5. The minimum absolute atomic E-state index is 0.00895. The number of amides is 1. The molecule has 1 rings (SSSR count). The molecule has 0 aromatic rings. The van der Waals surface area contributed by atoms with Gasteiger partial charge in [0.05, 0.1) is 13.2 Å². The normalized spacial score (nSPS) is 17.7. The van der Waals surface area contributed by atoms with Gasteiger partial charge in [-0.3, -0.25) is 9.59 Å². The monoisotopic (exact) mass is 257 g/mol. The lowest BCUT2D eigenvalue weighted by Crippen LogP contribution is -2.33. The van der Waals surface area contributed by atoms with E-state index in [4.69, 9.17) is 9.47 Å². The first-order chi connectivity index (χ1) is 8.43. The number of nitrogens with zero attached hydrogens (tertiary/aromatic N) is 1. The van der Waals surface area contributed by atoms with Gasteiger partial charge in [0.15, 0.2) is 5.79 Å². The predicted molar refractivity (Wildman–Crippen MR) is 67.1 cm³/mol. The standard InChI is InChI=1S/C13H23NO4/c1-11(15)5-8-14(12(2)16)7-4-6-13(3)17-9-10-18-13/h4-10H2,1-3H3. The molecule has 1 heterocycles. The fourth-order valence-electron chi connectivity index (χ4n) is 2.01. The van der Waals surface area contributed by atoms with Gasteiger partial charge in [0, 0.05) is 32.9 Å². The number of rotatable bonds is 7. The molecular formula is C13H23NO4. The third-order valence-corrected chi connectivity index (χ3v) is 3.14. The second-order valence-electron chi connectivity index (χ2n) is 4.89. The molecule has 0 bridgehead atoms. The van der Waals surface area contributed by atoms with Crippen LogP contribution in [0.4, 0.5) is 0 Å². The average Bonchev–Trinajstić information content (AvgIpc) is 2.69. The SMILES string of the molecule is CC(=O)CCN(CCCC1(C)OCCO1)C(C)=O. The van der Waals surface area contributed by atoms with E-state index in [1.54, 1.807) is 11.8 Å². The van der Waals surface area contributed by atoms with Gasteiger partial charge >= 0.3 is 0 Å². The summed E-state index contributed by atoms with van der Waals surface area (Å²) >= 11 is 0. The number of hydrogen-bond acceptors (Lipinski definition) is 4. The van der Waals surface area contributed by atoms with Crippen LogP contribution in [0.25, 0.3) is 0 Å². The highest BCUT2D eigenvalue weighted by atomic mass is 16.7. The molecule has 1 aliphatic heterocycles. The van der Waals surface area contributed by atoms with Crippen molar-refractivity contribution in [2.45, 2.75) is 45.8 Å². The van der Waals surface area contributed by atoms with E-state index in [1.807, 2.05) is 6.92 Å². The fraction of sp³-hybridized carbons (Fsp3) is 0.846. The van der Waals surface area contributed by atoms with Crippen molar-refractivity contribution in [3.8, 4) is 0 Å². The summed E-state index contributed by atoms with van der Waals surface area (Å²) in [5.74, 6) is -0.381. The number of carbonyl (C=O) groups excluding carboxylic acids is 2. The Morgan fingerprint density at radius 3 is 2.28 bits per heavy atom. The topological polar surface area (TPSA) is 55.8 Å². The second kappa shape index (κ2) is 6.85. The molecule has 5 nitrogen and oxygen atoms in total. The first-order valence-electron chi connectivity index (χ1n) is 6.46. The van der Waals surface area contributed by atoms with Crippen LogP contribution in [-0.2, 0) is 19.1 Å². The average molecular weight is 257 g/mol. The Labute approximate surface area is 108 Å². The number of Topliss-reactive ketones (excluding diaryl/α,β-unsaturated/α-hetero) is 1. The maximum absolute atomic E-state index is 11.4. The summed E-state index contributed by atoms with van der Waals surface area (Å²) < 4.78 is 11.0. The molecule has 0 N–H and O–H groups in total. The summed E-state index contributed by atoms with van der Waals surface area (Å²) in [5.41, 5.74) is 0. The minimum Gasteiger partial charge on any atom is -0.348 e. The Bertz CT molecular complexity index is 297. The maximum Gasteiger partial charge on any atom is 0.219 e. The van der Waals surface area contributed by atoms with Crippen LogP contribution >= 0.6 is 0 Å². The highest BCUT2D eigenvalue weighted by Crippen LogP contribution is 2.24. The van der Waals surface area contributed by atoms with E-state index in [0.717, 1.165) is 12.8 Å². The van der Waals surface area contributed by atoms with E-state index in [9.17, 15) is 9.59 Å². The fourth-order valence-corrected chi connectivity index (χ4v) is 2.01. The number of ether oxygens (including phenoxy) is 2. The molecular weight excluding hydrogens is 234 g/mol. The van der Waals surface area contributed by atoms with Gasteiger partial charge in [0.2, 0.25) is 5.91 Å². The Balaban J connectivity index is 2.28. The lowest BCUT2D eigenvalue weighted by atomic mass is 10.1. The highest BCUT2D eigenvalue weighted by Gasteiger charge is 2.30. The smallest absolute Gasteiger partial charge is 0.219 e. The Hall–Kier alpha value is -0.940. The lowest BCUT2D eigenvalue weighted by Gasteiger charge is -2.25. The molecule has 1 amide bonds. The second-order valence-corrected chi connectivity index (χ2v) is 4.89. The van der Waals surface area contributed by atoms with Crippen LogP contribution in [0.5, 0.6) is 0 Å². The molecule has 104 valence electrons. The van der Waals surface area contributed by atoms with Crippen molar-refractivity contribution in [2.75, 3.05) is 26.3 Å². The molecule has 1 aliphatic rings. The van der Waals surface area contributed by atoms with Crippen LogP contribution in [0, 0.1) is 0 Å². The van der Waals surface area contributed by atoms with Crippen molar-refractivity contribution in [1.82, 2.24) is 4.90 Å². The van der Waals surface area contributed by atoms with Crippen LogP contribution in [-0.4, -0.2) is 48.7 Å². The van der Waals surface area contributed by atoms with E-state index in [1.165, 1.54) is 6.92 Å². The van der Waals surface area contributed by atoms with E-state index >= 15 is 0 Å². The van der Waals surface area contributed by atoms with Crippen molar-refractivity contribution in [2.24, 2.45) is 0 Å². The molecule has 0 aromatic carbocycles. The molecule has 0 spiro atoms. The van der Waals surface area contributed by atoms with E-state index < -0.39 is 5.79 Å². The molecule has 0 atom stereocenters. The molecule has 1 saturated heterocycles. The number of carbonyl (C=O) groups is 2. The molecule has 1 fully saturated rings. The Morgan fingerprint density at radius 2 is 1.78 bits per heavy atom. The van der Waals surface area contributed by atoms with E-state index in [0.29, 0.717) is 32.7 Å². The van der Waals surface area contributed by atoms with Crippen molar-refractivity contribution >= 4 is 11.7 Å². The quantitative estimate of drug-likeness (QED) is 0.691. The Morgan fingerprint density at radius 1 is 1.17 bits per heavy atom. The van der Waals surface area contributed by atoms with Crippen LogP contribution in [0.1, 0.15) is 40.0 Å². The molecule has 0 saturated carbocycles. The number of hydrogen-bond donors (Lipinski definition) is 0. The third-order valence-electron chi connectivity index (χ3n) is 3.14. The van der Waals surface area contributed by atoms with E-state index in [2.05, 4.69) is 0 Å². The van der Waals surface area contributed by atoms with Gasteiger partial charge in [-0.15, -0.1) is 0 Å². The molecule has 18 heavy (non-hydrogen) atoms. The Kier molecular flexibility index (Phi) is 5.75. The first-order valence-corrected chi connectivity index (χ1v) is 6.46. The van der Waals surface area contributed by atoms with Gasteiger partial charge < -0.3 is 14.4 Å². The summed E-state index contributed by atoms with van der Waals surface area (Å²) in [5, 5.41) is 0. The summed E-state index contributed by atoms with van der Waals surface area (Å²) in [6.07, 6.45) is 1.99. The zero-order valence-corrected chi connectivity index (χ0v) is 11.5. The molecule has 0 aromatic heterocycles. The maximum atomic E-state index is 11.4. The van der Waals surface area contributed by atoms with Crippen molar-refractivity contribution < 1.29 is 19.1 Å². The molecule has 0 aliphatic carbocycles. The highest BCUT2D eigenvalue weighted by molar-refractivity contribution is 5.77. The van der Waals surface area contributed by atoms with Gasteiger partial charge in [-0.2, -0.15) is 0 Å². The van der Waals surface area contributed by atoms with Crippen molar-refractivity contribution in [1.29, 1.82) is 0 Å². The van der Waals surface area contributed by atoms with E-state index in [-0.39, 0.29) is 11.7 Å². The lowest BCUT2D eigenvalue weighted by molar-refractivity contribution is -0.149. The van der Waals surface area contributed by atoms with Gasteiger partial charge in [-0.25, -0.2) is 0 Å². The zero-order chi connectivity index (χ0) is 13.6. The summed E-state index contributed by atoms with van der Waals surface area (Å²) in [6.45, 7) is 7.42. The van der Waals surface area contributed by atoms with Gasteiger partial charge in [0.1, 0.15) is 5.78 Å². The molecule has 0 radical (unpaired) electrons. The molecule has 0 unspecified atom stereocenters. The van der Waals surface area contributed by atoms with Crippen LogP contribution in [0.3, 0.4) is 0 Å². The largest absolute Gasteiger partial charge is 0.348 e.